The Hall–Kier alpha value is -2.62. The average Bonchev–Trinajstić information content (AvgIpc) is 2.47. The van der Waals surface area contributed by atoms with Gasteiger partial charge in [-0.05, 0) is 29.7 Å². The SMILES string of the molecule is O=C1CN(C(=O)C2Cc3ccccc32)c2ccccc2N1. The molecular weight excluding hydrogens is 264 g/mol. The minimum atomic E-state index is -0.144. The highest BCUT2D eigenvalue weighted by Gasteiger charge is 2.37. The van der Waals surface area contributed by atoms with Crippen LogP contribution < -0.4 is 10.2 Å². The Bertz CT molecular complexity index is 754. The molecule has 0 radical (unpaired) electrons. The maximum Gasteiger partial charge on any atom is 0.244 e. The summed E-state index contributed by atoms with van der Waals surface area (Å²) in [5, 5.41) is 2.81. The predicted octanol–water partition coefficient (Wildman–Crippen LogP) is 2.31. The highest BCUT2D eigenvalue weighted by atomic mass is 16.2. The van der Waals surface area contributed by atoms with E-state index >= 15 is 0 Å². The number of nitrogens with zero attached hydrogens (tertiary/aromatic N) is 1. The molecule has 4 nitrogen and oxygen atoms in total. The summed E-state index contributed by atoms with van der Waals surface area (Å²) in [5.41, 5.74) is 3.80. The standard InChI is InChI=1S/C17H14N2O2/c20-16-10-19(15-8-4-3-7-14(15)18-16)17(21)13-9-11-5-1-2-6-12(11)13/h1-8,13H,9-10H2,(H,18,20). The topological polar surface area (TPSA) is 49.4 Å². The molecule has 1 aliphatic heterocycles. The van der Waals surface area contributed by atoms with Crippen LogP contribution in [0.3, 0.4) is 0 Å². The van der Waals surface area contributed by atoms with E-state index in [9.17, 15) is 9.59 Å². The molecule has 2 aromatic rings. The van der Waals surface area contributed by atoms with Gasteiger partial charge in [0.25, 0.3) is 0 Å². The Labute approximate surface area is 122 Å². The fourth-order valence-corrected chi connectivity index (χ4v) is 3.10. The Morgan fingerprint density at radius 3 is 2.71 bits per heavy atom. The zero-order valence-electron chi connectivity index (χ0n) is 11.4. The van der Waals surface area contributed by atoms with Gasteiger partial charge in [0.1, 0.15) is 6.54 Å². The van der Waals surface area contributed by atoms with Crippen molar-refractivity contribution in [3.8, 4) is 0 Å². The molecule has 1 unspecified atom stereocenters. The van der Waals surface area contributed by atoms with Crippen LogP contribution in [0.1, 0.15) is 17.0 Å². The molecule has 4 heteroatoms. The van der Waals surface area contributed by atoms with Gasteiger partial charge in [-0.25, -0.2) is 0 Å². The van der Waals surface area contributed by atoms with Crippen molar-refractivity contribution in [2.75, 3.05) is 16.8 Å². The third kappa shape index (κ3) is 1.83. The number of hydrogen-bond acceptors (Lipinski definition) is 2. The van der Waals surface area contributed by atoms with Crippen molar-refractivity contribution >= 4 is 23.2 Å². The van der Waals surface area contributed by atoms with Crippen LogP contribution >= 0.6 is 0 Å². The van der Waals surface area contributed by atoms with Gasteiger partial charge in [-0.2, -0.15) is 0 Å². The third-order valence-electron chi connectivity index (χ3n) is 4.19. The predicted molar refractivity (Wildman–Crippen MR) is 80.3 cm³/mol. The number of hydrogen-bond donors (Lipinski definition) is 1. The second-order valence-electron chi connectivity index (χ2n) is 5.45. The molecule has 2 aliphatic rings. The van der Waals surface area contributed by atoms with Crippen LogP contribution in [0.2, 0.25) is 0 Å². The largest absolute Gasteiger partial charge is 0.323 e. The van der Waals surface area contributed by atoms with E-state index in [0.717, 1.165) is 17.7 Å². The van der Waals surface area contributed by atoms with Gasteiger partial charge >= 0.3 is 0 Å². The zero-order chi connectivity index (χ0) is 14.4. The van der Waals surface area contributed by atoms with E-state index in [-0.39, 0.29) is 24.3 Å². The monoisotopic (exact) mass is 278 g/mol. The number of anilines is 2. The summed E-state index contributed by atoms with van der Waals surface area (Å²) in [7, 11) is 0. The number of para-hydroxylation sites is 2. The molecule has 2 amide bonds. The third-order valence-corrected chi connectivity index (χ3v) is 4.19. The molecule has 2 aromatic carbocycles. The van der Waals surface area contributed by atoms with Gasteiger partial charge in [-0.1, -0.05) is 36.4 Å². The first kappa shape index (κ1) is 12.1. The normalized spacial score (nSPS) is 19.1. The lowest BCUT2D eigenvalue weighted by Gasteiger charge is -2.36. The van der Waals surface area contributed by atoms with E-state index in [1.165, 1.54) is 5.56 Å². The van der Waals surface area contributed by atoms with E-state index in [1.807, 2.05) is 42.5 Å². The number of carbonyl (C=O) groups excluding carboxylic acids is 2. The number of benzene rings is 2. The van der Waals surface area contributed by atoms with Crippen LogP contribution in [-0.2, 0) is 16.0 Å². The summed E-state index contributed by atoms with van der Waals surface area (Å²) in [4.78, 5) is 26.2. The van der Waals surface area contributed by atoms with Crippen molar-refractivity contribution in [1.82, 2.24) is 0 Å². The number of rotatable bonds is 1. The van der Waals surface area contributed by atoms with Crippen LogP contribution in [0.25, 0.3) is 0 Å². The Morgan fingerprint density at radius 1 is 1.10 bits per heavy atom. The molecule has 0 aromatic heterocycles. The highest BCUT2D eigenvalue weighted by Crippen LogP contribution is 2.39. The lowest BCUT2D eigenvalue weighted by molar-refractivity contribution is -0.123. The van der Waals surface area contributed by atoms with Crippen LogP contribution in [-0.4, -0.2) is 18.4 Å². The molecule has 0 fully saturated rings. The maximum atomic E-state index is 12.8. The summed E-state index contributed by atoms with van der Waals surface area (Å²) in [6, 6.07) is 15.4. The van der Waals surface area contributed by atoms with E-state index in [0.29, 0.717) is 5.69 Å². The number of nitrogens with one attached hydrogen (secondary N) is 1. The van der Waals surface area contributed by atoms with Crippen LogP contribution in [0, 0.1) is 0 Å². The Morgan fingerprint density at radius 2 is 1.86 bits per heavy atom. The molecule has 0 bridgehead atoms. The smallest absolute Gasteiger partial charge is 0.244 e. The van der Waals surface area contributed by atoms with Crippen LogP contribution in [0.5, 0.6) is 0 Å². The van der Waals surface area contributed by atoms with Crippen molar-refractivity contribution in [3.05, 3.63) is 59.7 Å². The molecule has 4 rings (SSSR count). The van der Waals surface area contributed by atoms with Crippen molar-refractivity contribution in [3.63, 3.8) is 0 Å². The van der Waals surface area contributed by atoms with Gasteiger partial charge in [0.15, 0.2) is 0 Å². The van der Waals surface area contributed by atoms with Gasteiger partial charge in [0.2, 0.25) is 11.8 Å². The van der Waals surface area contributed by atoms with Gasteiger partial charge in [-0.15, -0.1) is 0 Å². The molecule has 1 heterocycles. The number of fused-ring (bicyclic) bond motifs is 2. The van der Waals surface area contributed by atoms with Gasteiger partial charge < -0.3 is 10.2 Å². The second kappa shape index (κ2) is 4.45. The van der Waals surface area contributed by atoms with Crippen molar-refractivity contribution in [2.45, 2.75) is 12.3 Å². The maximum absolute atomic E-state index is 12.8. The molecule has 104 valence electrons. The van der Waals surface area contributed by atoms with E-state index in [2.05, 4.69) is 11.4 Å². The minimum Gasteiger partial charge on any atom is -0.323 e. The highest BCUT2D eigenvalue weighted by molar-refractivity contribution is 6.12. The quantitative estimate of drug-likeness (QED) is 0.870. The van der Waals surface area contributed by atoms with Crippen LogP contribution in [0.15, 0.2) is 48.5 Å². The Balaban J connectivity index is 1.69. The van der Waals surface area contributed by atoms with Gasteiger partial charge in [0, 0.05) is 0 Å². The second-order valence-corrected chi connectivity index (χ2v) is 5.45. The first-order chi connectivity index (χ1) is 10.2. The van der Waals surface area contributed by atoms with Crippen molar-refractivity contribution in [2.24, 2.45) is 0 Å². The van der Waals surface area contributed by atoms with E-state index in [1.54, 1.807) is 4.90 Å². The van der Waals surface area contributed by atoms with E-state index in [4.69, 9.17) is 0 Å². The lowest BCUT2D eigenvalue weighted by Crippen LogP contribution is -2.46. The van der Waals surface area contributed by atoms with Gasteiger partial charge in [-0.3, -0.25) is 9.59 Å². The summed E-state index contributed by atoms with van der Waals surface area (Å²) in [5.74, 6) is -0.259. The van der Waals surface area contributed by atoms with Gasteiger partial charge in [0.05, 0.1) is 17.3 Å². The van der Waals surface area contributed by atoms with Crippen molar-refractivity contribution < 1.29 is 9.59 Å². The molecule has 0 saturated carbocycles. The summed E-state index contributed by atoms with van der Waals surface area (Å²) >= 11 is 0. The fraction of sp³-hybridized carbons (Fsp3) is 0.176. The lowest BCUT2D eigenvalue weighted by atomic mass is 9.76. The molecule has 1 aliphatic carbocycles. The summed E-state index contributed by atoms with van der Waals surface area (Å²) < 4.78 is 0. The molecule has 21 heavy (non-hydrogen) atoms. The molecular formula is C17H14N2O2. The fourth-order valence-electron chi connectivity index (χ4n) is 3.10. The summed E-state index contributed by atoms with van der Waals surface area (Å²) in [6.07, 6.45) is 0.759. The van der Waals surface area contributed by atoms with E-state index < -0.39 is 0 Å². The molecule has 1 N–H and O–H groups in total. The first-order valence-corrected chi connectivity index (χ1v) is 7.02. The van der Waals surface area contributed by atoms with Crippen molar-refractivity contribution in [1.29, 1.82) is 0 Å². The average molecular weight is 278 g/mol. The molecule has 1 atom stereocenters. The number of amides is 2. The summed E-state index contributed by atoms with van der Waals surface area (Å²) in [6.45, 7) is 0.0918. The van der Waals surface area contributed by atoms with Crippen LogP contribution in [0.4, 0.5) is 11.4 Å². The molecule has 0 saturated heterocycles. The first-order valence-electron chi connectivity index (χ1n) is 7.02. The molecule has 0 spiro atoms. The Kier molecular flexibility index (Phi) is 2.57. The zero-order valence-corrected chi connectivity index (χ0v) is 11.4. The minimum absolute atomic E-state index is 0.0102. The number of carbonyl (C=O) groups is 2.